The van der Waals surface area contributed by atoms with Gasteiger partial charge in [0.1, 0.15) is 0 Å². The standard InChI is InChI=1S/C24H32N4O3/c1-25-24(26-15-6-5-7-20-10-12-23(13-11-20)28(29)30)27-16-14-22(17-27)19-31-18-21-8-3-2-4-9-21/h2-4,8-13,22H,5-7,14-19H2,1H3,(H,25,26). The van der Waals surface area contributed by atoms with Gasteiger partial charge in [-0.2, -0.15) is 0 Å². The van der Waals surface area contributed by atoms with E-state index in [0.717, 1.165) is 63.4 Å². The van der Waals surface area contributed by atoms with Crippen molar-refractivity contribution in [1.82, 2.24) is 10.2 Å². The Morgan fingerprint density at radius 3 is 2.65 bits per heavy atom. The molecule has 31 heavy (non-hydrogen) atoms. The summed E-state index contributed by atoms with van der Waals surface area (Å²) >= 11 is 0. The molecule has 0 bridgehead atoms. The van der Waals surface area contributed by atoms with Gasteiger partial charge < -0.3 is 15.0 Å². The van der Waals surface area contributed by atoms with E-state index in [9.17, 15) is 10.1 Å². The Bertz CT molecular complexity index is 840. The van der Waals surface area contributed by atoms with Crippen LogP contribution in [0, 0.1) is 16.0 Å². The van der Waals surface area contributed by atoms with Gasteiger partial charge in [0.15, 0.2) is 5.96 Å². The Morgan fingerprint density at radius 2 is 1.94 bits per heavy atom. The van der Waals surface area contributed by atoms with Crippen molar-refractivity contribution < 1.29 is 9.66 Å². The van der Waals surface area contributed by atoms with Crippen LogP contribution in [0.1, 0.15) is 30.4 Å². The number of aryl methyl sites for hydroxylation is 1. The highest BCUT2D eigenvalue weighted by Crippen LogP contribution is 2.17. The first-order valence-corrected chi connectivity index (χ1v) is 11.0. The smallest absolute Gasteiger partial charge is 0.269 e. The fourth-order valence-corrected chi connectivity index (χ4v) is 3.85. The fraction of sp³-hybridized carbons (Fsp3) is 0.458. The molecule has 0 amide bonds. The minimum Gasteiger partial charge on any atom is -0.376 e. The molecule has 0 saturated carbocycles. The molecule has 166 valence electrons. The molecule has 2 aromatic rings. The van der Waals surface area contributed by atoms with Crippen molar-refractivity contribution in [2.45, 2.75) is 32.3 Å². The van der Waals surface area contributed by atoms with Crippen molar-refractivity contribution >= 4 is 11.6 Å². The Labute approximate surface area is 184 Å². The molecule has 1 saturated heterocycles. The number of aliphatic imine (C=N–C) groups is 1. The normalized spacial score (nSPS) is 16.5. The molecule has 7 heteroatoms. The lowest BCUT2D eigenvalue weighted by molar-refractivity contribution is -0.384. The number of likely N-dealkylation sites (tertiary alicyclic amines) is 1. The summed E-state index contributed by atoms with van der Waals surface area (Å²) in [7, 11) is 1.83. The summed E-state index contributed by atoms with van der Waals surface area (Å²) in [5.74, 6) is 1.49. The van der Waals surface area contributed by atoms with Crippen LogP contribution in [0.5, 0.6) is 0 Å². The number of non-ortho nitro benzene ring substituents is 1. The van der Waals surface area contributed by atoms with Crippen molar-refractivity contribution in [2.75, 3.05) is 33.3 Å². The first kappa shape index (κ1) is 22.7. The summed E-state index contributed by atoms with van der Waals surface area (Å²) in [5, 5.41) is 14.2. The van der Waals surface area contributed by atoms with Gasteiger partial charge in [0.25, 0.3) is 5.69 Å². The number of nitro benzene ring substituents is 1. The molecule has 1 aliphatic heterocycles. The van der Waals surface area contributed by atoms with Crippen molar-refractivity contribution in [3.63, 3.8) is 0 Å². The molecule has 0 spiro atoms. The number of guanidine groups is 1. The molecule has 1 aliphatic rings. The number of hydrogen-bond donors (Lipinski definition) is 1. The molecular weight excluding hydrogens is 392 g/mol. The summed E-state index contributed by atoms with van der Waals surface area (Å²) in [6.07, 6.45) is 4.09. The maximum absolute atomic E-state index is 10.7. The van der Waals surface area contributed by atoms with Crippen LogP contribution >= 0.6 is 0 Å². The first-order chi connectivity index (χ1) is 15.2. The molecule has 7 nitrogen and oxygen atoms in total. The minimum atomic E-state index is -0.363. The Morgan fingerprint density at radius 1 is 1.16 bits per heavy atom. The van der Waals surface area contributed by atoms with Crippen LogP contribution in [0.3, 0.4) is 0 Å². The van der Waals surface area contributed by atoms with Crippen molar-refractivity contribution in [3.8, 4) is 0 Å². The lowest BCUT2D eigenvalue weighted by Gasteiger charge is -2.21. The Balaban J connectivity index is 1.30. The van der Waals surface area contributed by atoms with Crippen LogP contribution in [0.15, 0.2) is 59.6 Å². The average Bonchev–Trinajstić information content (AvgIpc) is 3.26. The molecule has 0 radical (unpaired) electrons. The van der Waals surface area contributed by atoms with Crippen LogP contribution in [-0.2, 0) is 17.8 Å². The van der Waals surface area contributed by atoms with Gasteiger partial charge in [0.05, 0.1) is 18.1 Å². The lowest BCUT2D eigenvalue weighted by atomic mass is 10.1. The predicted molar refractivity (Wildman–Crippen MR) is 123 cm³/mol. The highest BCUT2D eigenvalue weighted by atomic mass is 16.6. The zero-order chi connectivity index (χ0) is 21.9. The maximum atomic E-state index is 10.7. The third-order valence-corrected chi connectivity index (χ3v) is 5.58. The number of nitrogens with zero attached hydrogens (tertiary/aromatic N) is 3. The lowest BCUT2D eigenvalue weighted by Crippen LogP contribution is -2.40. The third kappa shape index (κ3) is 7.36. The van der Waals surface area contributed by atoms with Crippen LogP contribution in [0.25, 0.3) is 0 Å². The van der Waals surface area contributed by atoms with E-state index >= 15 is 0 Å². The van der Waals surface area contributed by atoms with E-state index in [0.29, 0.717) is 12.5 Å². The number of hydrogen-bond acceptors (Lipinski definition) is 4. The van der Waals surface area contributed by atoms with E-state index in [1.807, 2.05) is 37.4 Å². The van der Waals surface area contributed by atoms with Gasteiger partial charge in [-0.15, -0.1) is 0 Å². The number of nitro groups is 1. The third-order valence-electron chi connectivity index (χ3n) is 5.58. The molecule has 1 N–H and O–H groups in total. The van der Waals surface area contributed by atoms with Crippen molar-refractivity contribution in [1.29, 1.82) is 0 Å². The second-order valence-corrected chi connectivity index (χ2v) is 7.96. The molecule has 1 fully saturated rings. The largest absolute Gasteiger partial charge is 0.376 e. The van der Waals surface area contributed by atoms with Gasteiger partial charge in [-0.1, -0.05) is 42.5 Å². The monoisotopic (exact) mass is 424 g/mol. The number of nitrogens with one attached hydrogen (secondary N) is 1. The molecule has 0 aliphatic carbocycles. The zero-order valence-electron chi connectivity index (χ0n) is 18.2. The Hall–Kier alpha value is -2.93. The quantitative estimate of drug-likeness (QED) is 0.205. The van der Waals surface area contributed by atoms with Crippen LogP contribution < -0.4 is 5.32 Å². The molecule has 1 unspecified atom stereocenters. The van der Waals surface area contributed by atoms with Gasteiger partial charge >= 0.3 is 0 Å². The van der Waals surface area contributed by atoms with Gasteiger partial charge in [0.2, 0.25) is 0 Å². The summed E-state index contributed by atoms with van der Waals surface area (Å²) in [6, 6.07) is 17.1. The van der Waals surface area contributed by atoms with Gasteiger partial charge in [0, 0.05) is 44.7 Å². The van der Waals surface area contributed by atoms with Gasteiger partial charge in [-0.3, -0.25) is 15.1 Å². The number of ether oxygens (including phenoxy) is 1. The van der Waals surface area contributed by atoms with E-state index < -0.39 is 0 Å². The molecular formula is C24H32N4O3. The number of rotatable bonds is 10. The topological polar surface area (TPSA) is 80.0 Å². The second kappa shape index (κ2) is 12.1. The minimum absolute atomic E-state index is 0.142. The molecule has 2 aromatic carbocycles. The second-order valence-electron chi connectivity index (χ2n) is 7.96. The summed E-state index contributed by atoms with van der Waals surface area (Å²) < 4.78 is 5.92. The highest BCUT2D eigenvalue weighted by molar-refractivity contribution is 5.80. The summed E-state index contributed by atoms with van der Waals surface area (Å²) in [6.45, 7) is 4.28. The van der Waals surface area contributed by atoms with Crippen molar-refractivity contribution in [3.05, 3.63) is 75.8 Å². The molecule has 3 rings (SSSR count). The Kier molecular flexibility index (Phi) is 8.84. The van der Waals surface area contributed by atoms with E-state index in [4.69, 9.17) is 4.74 Å². The molecule has 1 heterocycles. The summed E-state index contributed by atoms with van der Waals surface area (Å²) in [4.78, 5) is 17.1. The number of unbranched alkanes of at least 4 members (excludes halogenated alkanes) is 1. The molecule has 1 atom stereocenters. The van der Waals surface area contributed by atoms with E-state index in [-0.39, 0.29) is 10.6 Å². The SMILES string of the molecule is CN=C(NCCCCc1ccc([N+](=O)[O-])cc1)N1CCC(COCc2ccccc2)C1. The van der Waals surface area contributed by atoms with Gasteiger partial charge in [-0.05, 0) is 36.8 Å². The van der Waals surface area contributed by atoms with E-state index in [2.05, 4.69) is 27.3 Å². The van der Waals surface area contributed by atoms with E-state index in [1.165, 1.54) is 5.56 Å². The van der Waals surface area contributed by atoms with Crippen LogP contribution in [0.4, 0.5) is 5.69 Å². The maximum Gasteiger partial charge on any atom is 0.269 e. The molecule has 0 aromatic heterocycles. The van der Waals surface area contributed by atoms with Crippen molar-refractivity contribution in [2.24, 2.45) is 10.9 Å². The van der Waals surface area contributed by atoms with Gasteiger partial charge in [-0.25, -0.2) is 0 Å². The highest BCUT2D eigenvalue weighted by Gasteiger charge is 2.24. The fourth-order valence-electron chi connectivity index (χ4n) is 3.85. The van der Waals surface area contributed by atoms with Crippen LogP contribution in [-0.4, -0.2) is 49.1 Å². The van der Waals surface area contributed by atoms with E-state index in [1.54, 1.807) is 12.1 Å². The van der Waals surface area contributed by atoms with Crippen LogP contribution in [0.2, 0.25) is 0 Å². The average molecular weight is 425 g/mol. The summed E-state index contributed by atoms with van der Waals surface area (Å²) in [5.41, 5.74) is 2.49. The first-order valence-electron chi connectivity index (χ1n) is 11.0. The predicted octanol–water partition coefficient (Wildman–Crippen LogP) is 4.03. The zero-order valence-corrected chi connectivity index (χ0v) is 18.2. The number of benzene rings is 2.